The number of alkyl halides is 12. The lowest BCUT2D eigenvalue weighted by molar-refractivity contribution is -0.407. The van der Waals surface area contributed by atoms with Gasteiger partial charge in [0.15, 0.2) is 0 Å². The predicted molar refractivity (Wildman–Crippen MR) is 97.1 cm³/mol. The molecule has 4 nitrogen and oxygen atoms in total. The topological polar surface area (TPSA) is 32.8 Å². The molecule has 35 heavy (non-hydrogen) atoms. The zero-order chi connectivity index (χ0) is 27.0. The van der Waals surface area contributed by atoms with Gasteiger partial charge in [-0.1, -0.05) is 12.1 Å². The van der Waals surface area contributed by atoms with Gasteiger partial charge < -0.3 is 14.5 Å². The second-order valence-electron chi connectivity index (χ2n) is 7.40. The van der Waals surface area contributed by atoms with E-state index >= 15 is 0 Å². The van der Waals surface area contributed by atoms with Crippen molar-refractivity contribution in [2.45, 2.75) is 43.0 Å². The minimum Gasteiger partial charge on any atom is -0.492 e. The number of ether oxygens (including phenoxy) is 1. The molecule has 1 aliphatic heterocycles. The summed E-state index contributed by atoms with van der Waals surface area (Å²) in [7, 11) is 0. The number of nitrogens with zero attached hydrogens (tertiary/aromatic N) is 2. The van der Waals surface area contributed by atoms with Crippen LogP contribution in [0, 0.1) is 0 Å². The van der Waals surface area contributed by atoms with Crippen molar-refractivity contribution in [2.24, 2.45) is 0 Å². The Balaban J connectivity index is 2.26. The van der Waals surface area contributed by atoms with E-state index in [1.165, 1.54) is 11.0 Å². The number of carbonyl (C=O) groups is 1. The van der Waals surface area contributed by atoms with Crippen LogP contribution in [0.5, 0.6) is 5.75 Å². The second-order valence-corrected chi connectivity index (χ2v) is 7.40. The van der Waals surface area contributed by atoms with Crippen LogP contribution in [0.2, 0.25) is 0 Å². The molecule has 16 heteroatoms. The van der Waals surface area contributed by atoms with Crippen LogP contribution in [-0.4, -0.2) is 79.6 Å². The van der Waals surface area contributed by atoms with Crippen LogP contribution in [0.1, 0.15) is 6.92 Å². The first-order valence-corrected chi connectivity index (χ1v) is 9.81. The molecule has 0 unspecified atom stereocenters. The third-order valence-electron chi connectivity index (χ3n) is 5.22. The monoisotopic (exact) mass is 534 g/mol. The molecule has 2 rings (SSSR count). The first kappa shape index (κ1) is 28.7. The van der Waals surface area contributed by atoms with Crippen LogP contribution < -0.4 is 9.64 Å². The molecule has 0 saturated carbocycles. The summed E-state index contributed by atoms with van der Waals surface area (Å²) in [4.78, 5) is 13.4. The summed E-state index contributed by atoms with van der Waals surface area (Å²) < 4.78 is 166. The van der Waals surface area contributed by atoms with Gasteiger partial charge in [0.1, 0.15) is 5.75 Å². The van der Waals surface area contributed by atoms with E-state index < -0.39 is 55.0 Å². The molecule has 200 valence electrons. The summed E-state index contributed by atoms with van der Waals surface area (Å²) in [6.45, 7) is -0.284. The van der Waals surface area contributed by atoms with E-state index in [2.05, 4.69) is 0 Å². The third kappa shape index (κ3) is 4.55. The van der Waals surface area contributed by atoms with Crippen molar-refractivity contribution >= 4 is 11.6 Å². The van der Waals surface area contributed by atoms with E-state index in [9.17, 15) is 57.5 Å². The number of carbonyl (C=O) groups excluding carboxylic acids is 1. The molecule has 1 heterocycles. The van der Waals surface area contributed by atoms with Gasteiger partial charge >= 0.3 is 36.0 Å². The number of benzene rings is 1. The molecule has 0 radical (unpaired) electrons. The van der Waals surface area contributed by atoms with Gasteiger partial charge in [0.05, 0.1) is 12.3 Å². The molecule has 1 amide bonds. The summed E-state index contributed by atoms with van der Waals surface area (Å²) >= 11 is 0. The smallest absolute Gasteiger partial charge is 0.392 e. The van der Waals surface area contributed by atoms with Crippen LogP contribution >= 0.6 is 0 Å². The van der Waals surface area contributed by atoms with Crippen LogP contribution in [-0.2, 0) is 4.79 Å². The SMILES string of the molecule is CCOc1ccccc1N1CCN(C(=O)C(F)(F)C(F)(F)C(F)(F)C(F)(F)C(F)(F)C(F)F)CC1. The Labute approximate surface area is 190 Å². The maximum absolute atomic E-state index is 14.2. The molecule has 1 fully saturated rings. The number of halogens is 12. The number of amides is 1. The molecule has 0 aliphatic carbocycles. The molecule has 0 spiro atoms. The maximum Gasteiger partial charge on any atom is 0.392 e. The van der Waals surface area contributed by atoms with Crippen molar-refractivity contribution in [1.82, 2.24) is 4.90 Å². The Hall–Kier alpha value is -2.55. The Morgan fingerprint density at radius 2 is 1.37 bits per heavy atom. The molecule has 0 atom stereocenters. The number of hydrogen-bond donors (Lipinski definition) is 0. The molecule has 0 aromatic heterocycles. The fourth-order valence-corrected chi connectivity index (χ4v) is 3.22. The van der Waals surface area contributed by atoms with E-state index in [1.54, 1.807) is 25.1 Å². The Morgan fingerprint density at radius 3 is 1.86 bits per heavy atom. The zero-order valence-electron chi connectivity index (χ0n) is 17.7. The summed E-state index contributed by atoms with van der Waals surface area (Å²) in [5, 5.41) is 0. The van der Waals surface area contributed by atoms with Crippen molar-refractivity contribution < 1.29 is 62.2 Å². The van der Waals surface area contributed by atoms with E-state index in [4.69, 9.17) is 4.74 Å². The first-order valence-electron chi connectivity index (χ1n) is 9.81. The standard InChI is InChI=1S/C19H18F12N2O2/c1-2-35-12-6-4-3-5-11(12)32-7-9-33(10-8-32)14(34)16(24,25)18(28,29)19(30,31)17(26,27)15(22,23)13(20)21/h3-6,13H,2,7-10H2,1H3. The van der Waals surface area contributed by atoms with E-state index in [0.717, 1.165) is 0 Å². The number of hydrogen-bond acceptors (Lipinski definition) is 3. The molecule has 1 aromatic carbocycles. The van der Waals surface area contributed by atoms with E-state index in [0.29, 0.717) is 11.4 Å². The van der Waals surface area contributed by atoms with Gasteiger partial charge in [-0.2, -0.15) is 43.9 Å². The van der Waals surface area contributed by atoms with Crippen molar-refractivity contribution in [3.63, 3.8) is 0 Å². The fourth-order valence-electron chi connectivity index (χ4n) is 3.22. The minimum atomic E-state index is -7.74. The number of anilines is 1. The van der Waals surface area contributed by atoms with Crippen LogP contribution in [0.25, 0.3) is 0 Å². The molecule has 0 N–H and O–H groups in total. The average molecular weight is 534 g/mol. The van der Waals surface area contributed by atoms with Gasteiger partial charge in [0.25, 0.3) is 5.91 Å². The third-order valence-corrected chi connectivity index (χ3v) is 5.22. The molecular formula is C19H18F12N2O2. The van der Waals surface area contributed by atoms with Crippen molar-refractivity contribution in [2.75, 3.05) is 37.7 Å². The number of para-hydroxylation sites is 2. The van der Waals surface area contributed by atoms with Crippen LogP contribution in [0.15, 0.2) is 24.3 Å². The highest BCUT2D eigenvalue weighted by atomic mass is 19.4. The normalized spacial score (nSPS) is 16.6. The zero-order valence-corrected chi connectivity index (χ0v) is 17.7. The largest absolute Gasteiger partial charge is 0.492 e. The Kier molecular flexibility index (Phi) is 7.77. The highest BCUT2D eigenvalue weighted by molar-refractivity contribution is 5.85. The average Bonchev–Trinajstić information content (AvgIpc) is 2.78. The van der Waals surface area contributed by atoms with Gasteiger partial charge in [-0.15, -0.1) is 0 Å². The van der Waals surface area contributed by atoms with Crippen molar-refractivity contribution in [3.8, 4) is 5.75 Å². The highest BCUT2D eigenvalue weighted by Crippen LogP contribution is 2.58. The number of piperazine rings is 1. The van der Waals surface area contributed by atoms with E-state index in [1.807, 2.05) is 0 Å². The van der Waals surface area contributed by atoms with Gasteiger partial charge in [-0.3, -0.25) is 4.79 Å². The van der Waals surface area contributed by atoms with Crippen molar-refractivity contribution in [3.05, 3.63) is 24.3 Å². The van der Waals surface area contributed by atoms with Gasteiger partial charge in [0, 0.05) is 26.2 Å². The van der Waals surface area contributed by atoms with Gasteiger partial charge in [0.2, 0.25) is 0 Å². The van der Waals surface area contributed by atoms with Gasteiger partial charge in [-0.25, -0.2) is 8.78 Å². The second kappa shape index (κ2) is 9.48. The minimum absolute atomic E-state index is 0.0484. The first-order chi connectivity index (χ1) is 15.9. The summed E-state index contributed by atoms with van der Waals surface area (Å²) in [6, 6.07) is 6.26. The van der Waals surface area contributed by atoms with Crippen molar-refractivity contribution in [1.29, 1.82) is 0 Å². The summed E-state index contributed by atoms with van der Waals surface area (Å²) in [5.41, 5.74) is 0.416. The lowest BCUT2D eigenvalue weighted by Crippen LogP contribution is -2.71. The Bertz CT molecular complexity index is 902. The maximum atomic E-state index is 14.2. The molecule has 0 bridgehead atoms. The predicted octanol–water partition coefficient (Wildman–Crippen LogP) is 5.18. The summed E-state index contributed by atoms with van der Waals surface area (Å²) in [5.74, 6) is -39.3. The van der Waals surface area contributed by atoms with Crippen LogP contribution in [0.3, 0.4) is 0 Å². The lowest BCUT2D eigenvalue weighted by Gasteiger charge is -2.41. The molecule has 1 saturated heterocycles. The quantitative estimate of drug-likeness (QED) is 0.410. The molecular weight excluding hydrogens is 516 g/mol. The molecule has 1 aliphatic rings. The van der Waals surface area contributed by atoms with Crippen LogP contribution in [0.4, 0.5) is 58.4 Å². The molecule has 1 aromatic rings. The highest BCUT2D eigenvalue weighted by Gasteiger charge is 2.89. The lowest BCUT2D eigenvalue weighted by atomic mass is 9.93. The summed E-state index contributed by atoms with van der Waals surface area (Å²) in [6.07, 6.45) is -5.60. The van der Waals surface area contributed by atoms with Gasteiger partial charge in [-0.05, 0) is 19.1 Å². The number of rotatable bonds is 9. The van der Waals surface area contributed by atoms with E-state index in [-0.39, 0.29) is 24.6 Å². The Morgan fingerprint density at radius 1 is 0.857 bits per heavy atom. The fraction of sp³-hybridized carbons (Fsp3) is 0.632.